The van der Waals surface area contributed by atoms with Crippen LogP contribution in [0.15, 0.2) is 24.3 Å². The molecule has 3 rings (SSSR count). The van der Waals surface area contributed by atoms with Crippen molar-refractivity contribution in [3.63, 3.8) is 0 Å². The molecule has 0 radical (unpaired) electrons. The second-order valence-electron chi connectivity index (χ2n) is 4.46. The second-order valence-corrected chi connectivity index (χ2v) is 4.46. The van der Waals surface area contributed by atoms with Gasteiger partial charge in [-0.05, 0) is 30.2 Å². The molecule has 7 heteroatoms. The van der Waals surface area contributed by atoms with Gasteiger partial charge >= 0.3 is 0 Å². The monoisotopic (exact) mass is 271 g/mol. The lowest BCUT2D eigenvalue weighted by atomic mass is 10.0. The minimum Gasteiger partial charge on any atom is -0.439 e. The minimum atomic E-state index is 0.0301. The predicted octanol–water partition coefficient (Wildman–Crippen LogP) is 1.32. The van der Waals surface area contributed by atoms with Crippen LogP contribution in [0, 0.1) is 0 Å². The number of fused-ring (bicyclic) bond motifs is 1. The molecule has 1 aliphatic rings. The molecule has 0 bridgehead atoms. The second kappa shape index (κ2) is 4.69. The van der Waals surface area contributed by atoms with Crippen LogP contribution in [0.25, 0.3) is 0 Å². The van der Waals surface area contributed by atoms with Crippen molar-refractivity contribution in [3.05, 3.63) is 29.8 Å². The third kappa shape index (κ3) is 2.46. The summed E-state index contributed by atoms with van der Waals surface area (Å²) in [5, 5.41) is 2.81. The van der Waals surface area contributed by atoms with Gasteiger partial charge in [0.25, 0.3) is 0 Å². The molecule has 1 aliphatic heterocycles. The van der Waals surface area contributed by atoms with E-state index < -0.39 is 0 Å². The maximum absolute atomic E-state index is 11.3. The van der Waals surface area contributed by atoms with Gasteiger partial charge in [-0.2, -0.15) is 9.97 Å². The number of aromatic nitrogens is 2. The van der Waals surface area contributed by atoms with Crippen molar-refractivity contribution in [3.8, 4) is 11.6 Å². The first-order valence-corrected chi connectivity index (χ1v) is 6.11. The van der Waals surface area contributed by atoms with Crippen LogP contribution in [0.5, 0.6) is 11.6 Å². The number of anilines is 3. The maximum atomic E-state index is 11.3. The quantitative estimate of drug-likeness (QED) is 0.758. The summed E-state index contributed by atoms with van der Waals surface area (Å²) >= 11 is 0. The number of nitrogen functional groups attached to an aromatic ring is 2. The molecule has 20 heavy (non-hydrogen) atoms. The van der Waals surface area contributed by atoms with E-state index in [4.69, 9.17) is 16.2 Å². The van der Waals surface area contributed by atoms with Crippen molar-refractivity contribution >= 4 is 23.4 Å². The molecule has 7 nitrogen and oxygen atoms in total. The van der Waals surface area contributed by atoms with Gasteiger partial charge in [-0.3, -0.25) is 4.79 Å². The number of benzene rings is 1. The molecule has 0 fully saturated rings. The SMILES string of the molecule is Nc1cc(Oc2ccc3c(c2)CCC(=O)N3)nc(N)n1. The highest BCUT2D eigenvalue weighted by molar-refractivity contribution is 5.94. The maximum Gasteiger partial charge on any atom is 0.226 e. The fraction of sp³-hybridized carbons (Fsp3) is 0.154. The minimum absolute atomic E-state index is 0.0301. The van der Waals surface area contributed by atoms with Crippen LogP contribution < -0.4 is 21.5 Å². The lowest BCUT2D eigenvalue weighted by molar-refractivity contribution is -0.116. The molecule has 102 valence electrons. The van der Waals surface area contributed by atoms with Crippen LogP contribution in [-0.4, -0.2) is 15.9 Å². The van der Waals surface area contributed by atoms with Crippen molar-refractivity contribution in [2.75, 3.05) is 16.8 Å². The van der Waals surface area contributed by atoms with E-state index in [2.05, 4.69) is 15.3 Å². The molecule has 0 unspecified atom stereocenters. The molecular weight excluding hydrogens is 258 g/mol. The van der Waals surface area contributed by atoms with E-state index in [1.807, 2.05) is 6.07 Å². The number of carbonyl (C=O) groups excluding carboxylic acids is 1. The number of aryl methyl sites for hydroxylation is 1. The summed E-state index contributed by atoms with van der Waals surface area (Å²) in [6.07, 6.45) is 1.16. The Bertz CT molecular complexity index is 666. The highest BCUT2D eigenvalue weighted by atomic mass is 16.5. The largest absolute Gasteiger partial charge is 0.439 e. The molecule has 0 saturated heterocycles. The third-order valence-corrected chi connectivity index (χ3v) is 2.93. The van der Waals surface area contributed by atoms with E-state index in [-0.39, 0.29) is 23.6 Å². The zero-order valence-electron chi connectivity index (χ0n) is 10.6. The molecule has 1 amide bonds. The highest BCUT2D eigenvalue weighted by Crippen LogP contribution is 2.29. The van der Waals surface area contributed by atoms with Gasteiger partial charge in [0.2, 0.25) is 17.7 Å². The van der Waals surface area contributed by atoms with Gasteiger partial charge in [-0.25, -0.2) is 0 Å². The van der Waals surface area contributed by atoms with E-state index in [0.717, 1.165) is 11.3 Å². The average molecular weight is 271 g/mol. The summed E-state index contributed by atoms with van der Waals surface area (Å²) in [4.78, 5) is 19.0. The number of nitrogens with one attached hydrogen (secondary N) is 1. The van der Waals surface area contributed by atoms with E-state index in [1.165, 1.54) is 6.07 Å². The van der Waals surface area contributed by atoms with Gasteiger partial charge in [-0.15, -0.1) is 0 Å². The summed E-state index contributed by atoms with van der Waals surface area (Å²) in [6.45, 7) is 0. The Morgan fingerprint density at radius 1 is 1.15 bits per heavy atom. The zero-order chi connectivity index (χ0) is 14.1. The van der Waals surface area contributed by atoms with Crippen molar-refractivity contribution in [1.29, 1.82) is 0 Å². The number of rotatable bonds is 2. The number of nitrogens with two attached hydrogens (primary N) is 2. The van der Waals surface area contributed by atoms with E-state index >= 15 is 0 Å². The first-order valence-electron chi connectivity index (χ1n) is 6.11. The van der Waals surface area contributed by atoms with Crippen LogP contribution >= 0.6 is 0 Å². The Morgan fingerprint density at radius 2 is 2.00 bits per heavy atom. The lowest BCUT2D eigenvalue weighted by Crippen LogP contribution is -2.18. The molecule has 1 aromatic carbocycles. The van der Waals surface area contributed by atoms with Crippen LogP contribution in [0.1, 0.15) is 12.0 Å². The standard InChI is InChI=1S/C13H13N5O2/c14-10-6-12(18-13(15)17-10)20-8-2-3-9-7(5-8)1-4-11(19)16-9/h2-3,5-6H,1,4H2,(H,16,19)(H4,14,15,17,18). The van der Waals surface area contributed by atoms with Crippen molar-refractivity contribution in [2.45, 2.75) is 12.8 Å². The number of hydrogen-bond acceptors (Lipinski definition) is 6. The Labute approximate surface area is 115 Å². The molecular formula is C13H13N5O2. The summed E-state index contributed by atoms with van der Waals surface area (Å²) < 4.78 is 5.61. The summed E-state index contributed by atoms with van der Waals surface area (Å²) in [7, 11) is 0. The number of ether oxygens (including phenoxy) is 1. The van der Waals surface area contributed by atoms with Crippen LogP contribution in [0.4, 0.5) is 17.5 Å². The van der Waals surface area contributed by atoms with Crippen LogP contribution in [-0.2, 0) is 11.2 Å². The van der Waals surface area contributed by atoms with Gasteiger partial charge in [0.15, 0.2) is 0 Å². The molecule has 1 aromatic heterocycles. The van der Waals surface area contributed by atoms with Crippen molar-refractivity contribution in [2.24, 2.45) is 0 Å². The third-order valence-electron chi connectivity index (χ3n) is 2.93. The number of nitrogens with zero attached hydrogens (tertiary/aromatic N) is 2. The molecule has 0 spiro atoms. The zero-order valence-corrected chi connectivity index (χ0v) is 10.6. The normalized spacial score (nSPS) is 13.5. The van der Waals surface area contributed by atoms with Gasteiger partial charge in [0.1, 0.15) is 11.6 Å². The van der Waals surface area contributed by atoms with Crippen LogP contribution in [0.3, 0.4) is 0 Å². The van der Waals surface area contributed by atoms with Crippen molar-refractivity contribution < 1.29 is 9.53 Å². The Hall–Kier alpha value is -2.83. The van der Waals surface area contributed by atoms with Gasteiger partial charge in [0, 0.05) is 18.2 Å². The molecule has 2 aromatic rings. The first kappa shape index (κ1) is 12.2. The Morgan fingerprint density at radius 3 is 2.80 bits per heavy atom. The summed E-state index contributed by atoms with van der Waals surface area (Å²) in [5.41, 5.74) is 12.9. The topological polar surface area (TPSA) is 116 Å². The number of amides is 1. The highest BCUT2D eigenvalue weighted by Gasteiger charge is 2.15. The van der Waals surface area contributed by atoms with Gasteiger partial charge < -0.3 is 21.5 Å². The molecule has 2 heterocycles. The Balaban J connectivity index is 1.86. The fourth-order valence-corrected chi connectivity index (χ4v) is 2.06. The number of hydrogen-bond donors (Lipinski definition) is 3. The first-order chi connectivity index (χ1) is 9.60. The van der Waals surface area contributed by atoms with E-state index in [9.17, 15) is 4.79 Å². The average Bonchev–Trinajstić information content (AvgIpc) is 2.38. The van der Waals surface area contributed by atoms with Crippen LogP contribution in [0.2, 0.25) is 0 Å². The van der Waals surface area contributed by atoms with Gasteiger partial charge in [0.05, 0.1) is 0 Å². The van der Waals surface area contributed by atoms with Gasteiger partial charge in [-0.1, -0.05) is 0 Å². The number of carbonyl (C=O) groups is 1. The molecule has 0 saturated carbocycles. The predicted molar refractivity (Wildman–Crippen MR) is 74.3 cm³/mol. The lowest BCUT2D eigenvalue weighted by Gasteiger charge is -2.17. The Kier molecular flexibility index (Phi) is 2.86. The summed E-state index contributed by atoms with van der Waals surface area (Å²) in [5.74, 6) is 1.23. The molecule has 0 aliphatic carbocycles. The van der Waals surface area contributed by atoms with E-state index in [0.29, 0.717) is 18.6 Å². The smallest absolute Gasteiger partial charge is 0.226 e. The fourth-order valence-electron chi connectivity index (χ4n) is 2.06. The molecule has 5 N–H and O–H groups in total. The van der Waals surface area contributed by atoms with Crippen molar-refractivity contribution in [1.82, 2.24) is 9.97 Å². The van der Waals surface area contributed by atoms with E-state index in [1.54, 1.807) is 12.1 Å². The summed E-state index contributed by atoms with van der Waals surface area (Å²) in [6, 6.07) is 6.91. The molecule has 0 atom stereocenters.